The van der Waals surface area contributed by atoms with Gasteiger partial charge in [0, 0.05) is 20.0 Å². The van der Waals surface area contributed by atoms with Gasteiger partial charge >= 0.3 is 6.18 Å². The Balaban J connectivity index is 3.80. The van der Waals surface area contributed by atoms with Gasteiger partial charge in [0.15, 0.2) is 0 Å². The maximum absolute atomic E-state index is 11.8. The number of aliphatic hydroxyl groups is 1. The monoisotopic (exact) mass is 227 g/mol. The number of carbonyl (C=O) groups excluding carboxylic acids is 1. The predicted molar refractivity (Wildman–Crippen MR) is 49.2 cm³/mol. The minimum absolute atomic E-state index is 0.272. The van der Waals surface area contributed by atoms with E-state index in [2.05, 4.69) is 0 Å². The smallest absolute Gasteiger partial charge is 0.389 e. The van der Waals surface area contributed by atoms with Crippen molar-refractivity contribution in [3.8, 4) is 0 Å². The van der Waals surface area contributed by atoms with E-state index in [1.165, 1.54) is 11.9 Å². The van der Waals surface area contributed by atoms with Crippen LogP contribution in [-0.4, -0.2) is 41.8 Å². The van der Waals surface area contributed by atoms with Crippen LogP contribution in [0.25, 0.3) is 0 Å². The molecule has 1 atom stereocenters. The third-order valence-corrected chi connectivity index (χ3v) is 1.93. The number of hydrogen-bond donors (Lipinski definition) is 1. The van der Waals surface area contributed by atoms with E-state index in [9.17, 15) is 18.0 Å². The molecular formula is C9H16F3NO2. The molecule has 0 heterocycles. The molecule has 0 aliphatic heterocycles. The van der Waals surface area contributed by atoms with Crippen molar-refractivity contribution in [2.24, 2.45) is 0 Å². The predicted octanol–water partition coefficient (Wildman–Crippen LogP) is 1.56. The average molecular weight is 227 g/mol. The SMILES string of the molecule is CC(O)CCN(C)C(=O)CCC(F)(F)F. The molecule has 0 aliphatic carbocycles. The van der Waals surface area contributed by atoms with Crippen LogP contribution in [0.5, 0.6) is 0 Å². The summed E-state index contributed by atoms with van der Waals surface area (Å²) in [7, 11) is 1.43. The van der Waals surface area contributed by atoms with Gasteiger partial charge < -0.3 is 10.0 Å². The summed E-state index contributed by atoms with van der Waals surface area (Å²) < 4.78 is 35.3. The Kier molecular flexibility index (Phi) is 5.64. The Morgan fingerprint density at radius 1 is 1.47 bits per heavy atom. The van der Waals surface area contributed by atoms with Crippen molar-refractivity contribution >= 4 is 5.91 Å². The highest BCUT2D eigenvalue weighted by Crippen LogP contribution is 2.21. The summed E-state index contributed by atoms with van der Waals surface area (Å²) in [4.78, 5) is 12.4. The summed E-state index contributed by atoms with van der Waals surface area (Å²) in [5.74, 6) is -0.548. The van der Waals surface area contributed by atoms with Gasteiger partial charge in [-0.05, 0) is 13.3 Å². The van der Waals surface area contributed by atoms with Gasteiger partial charge in [-0.25, -0.2) is 0 Å². The highest BCUT2D eigenvalue weighted by molar-refractivity contribution is 5.75. The Morgan fingerprint density at radius 3 is 2.40 bits per heavy atom. The Bertz CT molecular complexity index is 204. The normalized spacial score (nSPS) is 13.7. The van der Waals surface area contributed by atoms with Gasteiger partial charge in [-0.3, -0.25) is 4.79 Å². The molecule has 0 saturated carbocycles. The molecule has 1 N–H and O–H groups in total. The van der Waals surface area contributed by atoms with E-state index in [-0.39, 0.29) is 6.54 Å². The second kappa shape index (κ2) is 5.95. The quantitative estimate of drug-likeness (QED) is 0.774. The molecule has 6 heteroatoms. The van der Waals surface area contributed by atoms with Crippen molar-refractivity contribution in [1.29, 1.82) is 0 Å². The molecule has 15 heavy (non-hydrogen) atoms. The van der Waals surface area contributed by atoms with Crippen molar-refractivity contribution < 1.29 is 23.1 Å². The van der Waals surface area contributed by atoms with E-state index in [1.54, 1.807) is 6.92 Å². The molecule has 0 radical (unpaired) electrons. The highest BCUT2D eigenvalue weighted by Gasteiger charge is 2.28. The molecule has 0 aromatic heterocycles. The average Bonchev–Trinajstić information content (AvgIpc) is 2.08. The van der Waals surface area contributed by atoms with Gasteiger partial charge in [0.1, 0.15) is 0 Å². The largest absolute Gasteiger partial charge is 0.393 e. The molecule has 1 amide bonds. The highest BCUT2D eigenvalue weighted by atomic mass is 19.4. The van der Waals surface area contributed by atoms with E-state index in [0.717, 1.165) is 0 Å². The van der Waals surface area contributed by atoms with Gasteiger partial charge in [-0.2, -0.15) is 13.2 Å². The topological polar surface area (TPSA) is 40.5 Å². The molecule has 0 spiro atoms. The van der Waals surface area contributed by atoms with Crippen LogP contribution in [0.2, 0.25) is 0 Å². The standard InChI is InChI=1S/C9H16F3NO2/c1-7(14)4-6-13(2)8(15)3-5-9(10,11)12/h7,14H,3-6H2,1-2H3. The molecule has 0 aromatic rings. The number of alkyl halides is 3. The molecule has 1 unspecified atom stereocenters. The van der Waals surface area contributed by atoms with Crippen molar-refractivity contribution in [2.75, 3.05) is 13.6 Å². The van der Waals surface area contributed by atoms with Crippen LogP contribution < -0.4 is 0 Å². The van der Waals surface area contributed by atoms with E-state index in [1.807, 2.05) is 0 Å². The zero-order valence-corrected chi connectivity index (χ0v) is 8.84. The maximum atomic E-state index is 11.8. The first-order chi connectivity index (χ1) is 6.72. The molecule has 0 rings (SSSR count). The number of carbonyl (C=O) groups is 1. The zero-order valence-electron chi connectivity index (χ0n) is 8.84. The number of hydrogen-bond acceptors (Lipinski definition) is 2. The number of nitrogens with zero attached hydrogens (tertiary/aromatic N) is 1. The molecule has 0 bridgehead atoms. The van der Waals surface area contributed by atoms with Crippen LogP contribution >= 0.6 is 0 Å². The van der Waals surface area contributed by atoms with E-state index < -0.39 is 31.0 Å². The third-order valence-electron chi connectivity index (χ3n) is 1.93. The Morgan fingerprint density at radius 2 is 2.00 bits per heavy atom. The van der Waals surface area contributed by atoms with Gasteiger partial charge in [-0.15, -0.1) is 0 Å². The molecular weight excluding hydrogens is 211 g/mol. The second-order valence-corrected chi connectivity index (χ2v) is 3.57. The summed E-state index contributed by atoms with van der Waals surface area (Å²) in [6, 6.07) is 0. The number of rotatable bonds is 5. The molecule has 3 nitrogen and oxygen atoms in total. The summed E-state index contributed by atoms with van der Waals surface area (Å²) in [6.07, 6.45) is -6.09. The fourth-order valence-corrected chi connectivity index (χ4v) is 0.945. The van der Waals surface area contributed by atoms with Crippen molar-refractivity contribution in [2.45, 2.75) is 38.5 Å². The summed E-state index contributed by atoms with van der Waals surface area (Å²) in [5.41, 5.74) is 0. The van der Waals surface area contributed by atoms with Crippen molar-refractivity contribution in [3.63, 3.8) is 0 Å². The first-order valence-electron chi connectivity index (χ1n) is 4.71. The third kappa shape index (κ3) is 8.23. The lowest BCUT2D eigenvalue weighted by molar-refractivity contribution is -0.148. The lowest BCUT2D eigenvalue weighted by Gasteiger charge is -2.18. The zero-order chi connectivity index (χ0) is 12.1. The van der Waals surface area contributed by atoms with Gasteiger partial charge in [0.25, 0.3) is 0 Å². The molecule has 0 fully saturated rings. The van der Waals surface area contributed by atoms with Crippen molar-refractivity contribution in [1.82, 2.24) is 4.90 Å². The number of halogens is 3. The lowest BCUT2D eigenvalue weighted by atomic mass is 10.2. The Hall–Kier alpha value is -0.780. The van der Waals surface area contributed by atoms with Crippen LogP contribution in [0.4, 0.5) is 13.2 Å². The van der Waals surface area contributed by atoms with Gasteiger partial charge in [0.05, 0.1) is 12.5 Å². The van der Waals surface area contributed by atoms with Crippen LogP contribution in [0.1, 0.15) is 26.2 Å². The van der Waals surface area contributed by atoms with Gasteiger partial charge in [-0.1, -0.05) is 0 Å². The first-order valence-corrected chi connectivity index (χ1v) is 4.71. The molecule has 0 aromatic carbocycles. The minimum Gasteiger partial charge on any atom is -0.393 e. The molecule has 90 valence electrons. The Labute approximate surface area is 86.9 Å². The minimum atomic E-state index is -4.29. The van der Waals surface area contributed by atoms with Crippen LogP contribution in [-0.2, 0) is 4.79 Å². The number of amides is 1. The van der Waals surface area contributed by atoms with Crippen LogP contribution in [0.3, 0.4) is 0 Å². The second-order valence-electron chi connectivity index (χ2n) is 3.57. The summed E-state index contributed by atoms with van der Waals surface area (Å²) in [6.45, 7) is 1.84. The molecule has 0 aliphatic rings. The molecule has 0 saturated heterocycles. The van der Waals surface area contributed by atoms with Crippen LogP contribution in [0, 0.1) is 0 Å². The summed E-state index contributed by atoms with van der Waals surface area (Å²) >= 11 is 0. The first kappa shape index (κ1) is 14.2. The fraction of sp³-hybridized carbons (Fsp3) is 0.889. The van der Waals surface area contributed by atoms with E-state index in [0.29, 0.717) is 6.42 Å². The van der Waals surface area contributed by atoms with E-state index in [4.69, 9.17) is 5.11 Å². The fourth-order valence-electron chi connectivity index (χ4n) is 0.945. The van der Waals surface area contributed by atoms with E-state index >= 15 is 0 Å². The van der Waals surface area contributed by atoms with Crippen molar-refractivity contribution in [3.05, 3.63) is 0 Å². The summed E-state index contributed by atoms with van der Waals surface area (Å²) in [5, 5.41) is 8.92. The maximum Gasteiger partial charge on any atom is 0.389 e. The lowest BCUT2D eigenvalue weighted by Crippen LogP contribution is -2.30. The van der Waals surface area contributed by atoms with Gasteiger partial charge in [0.2, 0.25) is 5.91 Å². The van der Waals surface area contributed by atoms with Crippen LogP contribution in [0.15, 0.2) is 0 Å². The number of aliphatic hydroxyl groups excluding tert-OH is 1.